The van der Waals surface area contributed by atoms with Gasteiger partial charge in [-0.2, -0.15) is 0 Å². The molecule has 21 heavy (non-hydrogen) atoms. The number of nitrogens with one attached hydrogen (secondary N) is 1. The average molecular weight is 328 g/mol. The normalized spacial score (nSPS) is 11.7. The van der Waals surface area contributed by atoms with Gasteiger partial charge in [-0.05, 0) is 25.1 Å². The molecule has 0 unspecified atom stereocenters. The zero-order valence-corrected chi connectivity index (χ0v) is 13.4. The minimum absolute atomic E-state index is 0.175. The minimum atomic E-state index is -3.25. The highest BCUT2D eigenvalue weighted by Gasteiger charge is 2.12. The summed E-state index contributed by atoms with van der Waals surface area (Å²) < 4.78 is 28.8. The number of sulfone groups is 1. The van der Waals surface area contributed by atoms with Crippen LogP contribution in [0.15, 0.2) is 23.1 Å². The first-order valence-corrected chi connectivity index (χ1v) is 9.09. The van der Waals surface area contributed by atoms with E-state index in [1.54, 1.807) is 12.1 Å². The monoisotopic (exact) mass is 328 g/mol. The molecule has 0 bridgehead atoms. The predicted molar refractivity (Wildman–Crippen MR) is 82.5 cm³/mol. The molecule has 0 saturated carbocycles. The fraction of sp³-hybridized carbons (Fsp3) is 0.385. The number of nitrogens with zero attached hydrogens (tertiary/aromatic N) is 1. The molecule has 114 valence electrons. The third kappa shape index (κ3) is 4.23. The van der Waals surface area contributed by atoms with Crippen molar-refractivity contribution in [2.75, 3.05) is 24.8 Å². The molecule has 1 amide bonds. The number of benzene rings is 1. The second kappa shape index (κ2) is 6.50. The van der Waals surface area contributed by atoms with Crippen LogP contribution in [0.4, 0.5) is 5.13 Å². The van der Waals surface area contributed by atoms with Crippen molar-refractivity contribution < 1.29 is 17.9 Å². The van der Waals surface area contributed by atoms with E-state index in [1.165, 1.54) is 17.4 Å². The molecule has 0 saturated heterocycles. The Labute approximate surface area is 127 Å². The van der Waals surface area contributed by atoms with Gasteiger partial charge in [0.15, 0.2) is 15.0 Å². The fourth-order valence-corrected chi connectivity index (χ4v) is 3.32. The number of fused-ring (bicyclic) bond motifs is 1. The Hall–Kier alpha value is -1.51. The van der Waals surface area contributed by atoms with Crippen LogP contribution < -0.4 is 5.32 Å². The summed E-state index contributed by atoms with van der Waals surface area (Å²) in [7, 11) is -3.25. The van der Waals surface area contributed by atoms with Gasteiger partial charge in [0.05, 0.1) is 28.1 Å². The van der Waals surface area contributed by atoms with Crippen LogP contribution in [0, 0.1) is 0 Å². The summed E-state index contributed by atoms with van der Waals surface area (Å²) in [5.41, 5.74) is 0.660. The Morgan fingerprint density at radius 2 is 2.19 bits per heavy atom. The number of rotatable bonds is 6. The Kier molecular flexibility index (Phi) is 4.92. The van der Waals surface area contributed by atoms with Crippen LogP contribution in [0.3, 0.4) is 0 Å². The van der Waals surface area contributed by atoms with E-state index in [-0.39, 0.29) is 17.2 Å². The molecule has 1 heterocycles. The smallest absolute Gasteiger partial charge is 0.228 e. The highest BCUT2D eigenvalue weighted by atomic mass is 32.2. The van der Waals surface area contributed by atoms with Crippen LogP contribution in [0.2, 0.25) is 0 Å². The SMILES string of the molecule is CCOCCC(=O)Nc1nc2ccc(S(C)(=O)=O)cc2s1. The van der Waals surface area contributed by atoms with E-state index in [9.17, 15) is 13.2 Å². The van der Waals surface area contributed by atoms with Crippen molar-refractivity contribution in [3.63, 3.8) is 0 Å². The van der Waals surface area contributed by atoms with Crippen molar-refractivity contribution in [2.24, 2.45) is 0 Å². The van der Waals surface area contributed by atoms with Crippen LogP contribution in [-0.2, 0) is 19.4 Å². The summed E-state index contributed by atoms with van der Waals surface area (Å²) in [6.07, 6.45) is 1.42. The standard InChI is InChI=1S/C13H16N2O4S2/c1-3-19-7-6-12(16)15-13-14-10-5-4-9(21(2,17)18)8-11(10)20-13/h4-5,8H,3,6-7H2,1-2H3,(H,14,15,16). The molecule has 0 aliphatic carbocycles. The number of thiazole rings is 1. The molecule has 6 nitrogen and oxygen atoms in total. The molecule has 0 fully saturated rings. The molecule has 1 N–H and O–H groups in total. The first-order chi connectivity index (χ1) is 9.90. The van der Waals surface area contributed by atoms with Gasteiger partial charge in [0, 0.05) is 12.9 Å². The zero-order valence-electron chi connectivity index (χ0n) is 11.8. The largest absolute Gasteiger partial charge is 0.381 e. The van der Waals surface area contributed by atoms with Crippen LogP contribution in [0.5, 0.6) is 0 Å². The van der Waals surface area contributed by atoms with Gasteiger partial charge in [0.1, 0.15) is 0 Å². The van der Waals surface area contributed by atoms with Crippen molar-refractivity contribution in [1.29, 1.82) is 0 Å². The maximum absolute atomic E-state index is 11.7. The molecular formula is C13H16N2O4S2. The van der Waals surface area contributed by atoms with Crippen LogP contribution in [-0.4, -0.2) is 38.8 Å². The molecule has 1 aromatic carbocycles. The number of amides is 1. The lowest BCUT2D eigenvalue weighted by atomic mass is 10.3. The Bertz CT molecular complexity index is 753. The van der Waals surface area contributed by atoms with Crippen LogP contribution >= 0.6 is 11.3 Å². The molecular weight excluding hydrogens is 312 g/mol. The molecule has 0 aliphatic rings. The summed E-state index contributed by atoms with van der Waals surface area (Å²) in [6.45, 7) is 2.80. The van der Waals surface area contributed by atoms with E-state index in [2.05, 4.69) is 10.3 Å². The number of carbonyl (C=O) groups is 1. The highest BCUT2D eigenvalue weighted by Crippen LogP contribution is 2.28. The van der Waals surface area contributed by atoms with E-state index in [0.717, 1.165) is 11.0 Å². The predicted octanol–water partition coefficient (Wildman–Crippen LogP) is 2.06. The number of aromatic nitrogens is 1. The van der Waals surface area contributed by atoms with Gasteiger partial charge in [-0.15, -0.1) is 0 Å². The van der Waals surface area contributed by atoms with Crippen molar-refractivity contribution >= 4 is 42.4 Å². The first kappa shape index (κ1) is 15.9. The minimum Gasteiger partial charge on any atom is -0.381 e. The van der Waals surface area contributed by atoms with Crippen molar-refractivity contribution in [2.45, 2.75) is 18.2 Å². The summed E-state index contributed by atoms with van der Waals surface area (Å²) >= 11 is 1.25. The summed E-state index contributed by atoms with van der Waals surface area (Å²) in [6, 6.07) is 4.72. The second-order valence-corrected chi connectivity index (χ2v) is 7.46. The number of ether oxygens (including phenoxy) is 1. The van der Waals surface area contributed by atoms with Gasteiger partial charge in [-0.25, -0.2) is 13.4 Å². The quantitative estimate of drug-likeness (QED) is 0.820. The third-order valence-corrected chi connectivity index (χ3v) is 4.76. The molecule has 0 aliphatic heterocycles. The zero-order chi connectivity index (χ0) is 15.5. The van der Waals surface area contributed by atoms with Crippen molar-refractivity contribution in [3.05, 3.63) is 18.2 Å². The van der Waals surface area contributed by atoms with Crippen molar-refractivity contribution in [1.82, 2.24) is 4.98 Å². The Balaban J connectivity index is 2.14. The molecule has 2 aromatic rings. The highest BCUT2D eigenvalue weighted by molar-refractivity contribution is 7.90. The van der Waals surface area contributed by atoms with Gasteiger partial charge in [0.2, 0.25) is 5.91 Å². The lowest BCUT2D eigenvalue weighted by molar-refractivity contribution is -0.117. The lowest BCUT2D eigenvalue weighted by Crippen LogP contribution is -2.13. The fourth-order valence-electron chi connectivity index (χ4n) is 1.68. The van der Waals surface area contributed by atoms with Gasteiger partial charge in [0.25, 0.3) is 0 Å². The molecule has 8 heteroatoms. The van der Waals surface area contributed by atoms with Gasteiger partial charge >= 0.3 is 0 Å². The van der Waals surface area contributed by atoms with E-state index >= 15 is 0 Å². The maximum Gasteiger partial charge on any atom is 0.228 e. The van der Waals surface area contributed by atoms with E-state index in [0.29, 0.717) is 23.9 Å². The van der Waals surface area contributed by atoms with Crippen LogP contribution in [0.25, 0.3) is 10.2 Å². The Morgan fingerprint density at radius 1 is 1.43 bits per heavy atom. The topological polar surface area (TPSA) is 85.4 Å². The molecule has 0 spiro atoms. The average Bonchev–Trinajstić information content (AvgIpc) is 2.78. The second-order valence-electron chi connectivity index (χ2n) is 4.42. The summed E-state index contributed by atoms with van der Waals surface area (Å²) in [5.74, 6) is -0.175. The Morgan fingerprint density at radius 3 is 2.86 bits per heavy atom. The van der Waals surface area contributed by atoms with E-state index in [4.69, 9.17) is 4.74 Å². The van der Waals surface area contributed by atoms with Gasteiger partial charge in [-0.3, -0.25) is 4.79 Å². The summed E-state index contributed by atoms with van der Waals surface area (Å²) in [5, 5.41) is 3.14. The lowest BCUT2D eigenvalue weighted by Gasteiger charge is -2.01. The van der Waals surface area contributed by atoms with Gasteiger partial charge < -0.3 is 10.1 Å². The third-order valence-electron chi connectivity index (χ3n) is 2.71. The summed E-state index contributed by atoms with van der Waals surface area (Å²) in [4.78, 5) is 16.2. The number of hydrogen-bond donors (Lipinski definition) is 1. The first-order valence-electron chi connectivity index (χ1n) is 6.38. The molecule has 2 rings (SSSR count). The number of anilines is 1. The van der Waals surface area contributed by atoms with Crippen molar-refractivity contribution in [3.8, 4) is 0 Å². The maximum atomic E-state index is 11.7. The number of carbonyl (C=O) groups excluding carboxylic acids is 1. The molecule has 1 aromatic heterocycles. The number of hydrogen-bond acceptors (Lipinski definition) is 6. The molecule has 0 atom stereocenters. The van der Waals surface area contributed by atoms with Gasteiger partial charge in [-0.1, -0.05) is 11.3 Å². The molecule has 0 radical (unpaired) electrons. The van der Waals surface area contributed by atoms with E-state index in [1.807, 2.05) is 6.92 Å². The van der Waals surface area contributed by atoms with E-state index < -0.39 is 9.84 Å². The van der Waals surface area contributed by atoms with Crippen LogP contribution in [0.1, 0.15) is 13.3 Å².